The maximum Gasteiger partial charge on any atom is 0.0501 e. The van der Waals surface area contributed by atoms with Gasteiger partial charge in [0, 0.05) is 23.2 Å². The summed E-state index contributed by atoms with van der Waals surface area (Å²) < 4.78 is 2.26. The molecule has 2 aromatic carbocycles. The molecule has 0 bridgehead atoms. The van der Waals surface area contributed by atoms with Gasteiger partial charge in [-0.05, 0) is 43.1 Å². The third kappa shape index (κ3) is 2.97. The molecule has 3 aromatic rings. The first-order valence-electron chi connectivity index (χ1n) is 7.20. The number of benzene rings is 2. The molecule has 0 saturated heterocycles. The van der Waals surface area contributed by atoms with Gasteiger partial charge in [0.1, 0.15) is 0 Å². The van der Waals surface area contributed by atoms with Gasteiger partial charge in [0.2, 0.25) is 0 Å². The molecular weight excluding hydrogens is 280 g/mol. The SMILES string of the molecule is Cc1cccc(Cn2cc(CCN)c3ccc(Cl)cc32)c1. The minimum atomic E-state index is 0.659. The maximum atomic E-state index is 6.17. The van der Waals surface area contributed by atoms with Crippen molar-refractivity contribution in [3.63, 3.8) is 0 Å². The Labute approximate surface area is 130 Å². The van der Waals surface area contributed by atoms with Crippen LogP contribution in [0.15, 0.2) is 48.7 Å². The van der Waals surface area contributed by atoms with Crippen molar-refractivity contribution < 1.29 is 0 Å². The summed E-state index contributed by atoms with van der Waals surface area (Å²) in [7, 11) is 0. The van der Waals surface area contributed by atoms with Crippen LogP contribution in [0.5, 0.6) is 0 Å². The third-order valence-corrected chi connectivity index (χ3v) is 4.01. The highest BCUT2D eigenvalue weighted by atomic mass is 35.5. The second-order valence-electron chi connectivity index (χ2n) is 5.47. The summed E-state index contributed by atoms with van der Waals surface area (Å²) in [5.41, 5.74) is 10.8. The lowest BCUT2D eigenvalue weighted by Crippen LogP contribution is -2.02. The molecule has 0 aliphatic heterocycles. The Hall–Kier alpha value is -1.77. The number of fused-ring (bicyclic) bond motifs is 1. The molecule has 0 spiro atoms. The van der Waals surface area contributed by atoms with Crippen LogP contribution in [-0.2, 0) is 13.0 Å². The molecule has 2 N–H and O–H groups in total. The van der Waals surface area contributed by atoms with Gasteiger partial charge in [-0.2, -0.15) is 0 Å². The first-order chi connectivity index (χ1) is 10.2. The van der Waals surface area contributed by atoms with Crippen molar-refractivity contribution in [1.29, 1.82) is 0 Å². The summed E-state index contributed by atoms with van der Waals surface area (Å²) in [5.74, 6) is 0. The number of rotatable bonds is 4. The molecule has 0 unspecified atom stereocenters. The third-order valence-electron chi connectivity index (χ3n) is 3.78. The quantitative estimate of drug-likeness (QED) is 0.770. The van der Waals surface area contributed by atoms with Crippen LogP contribution in [0.2, 0.25) is 5.02 Å². The molecule has 0 amide bonds. The second-order valence-corrected chi connectivity index (χ2v) is 5.91. The van der Waals surface area contributed by atoms with Crippen molar-refractivity contribution in [2.24, 2.45) is 5.73 Å². The second kappa shape index (κ2) is 5.92. The summed E-state index contributed by atoms with van der Waals surface area (Å²) in [5, 5.41) is 2.02. The summed E-state index contributed by atoms with van der Waals surface area (Å²) in [6, 6.07) is 14.7. The van der Waals surface area contributed by atoms with E-state index in [1.54, 1.807) is 0 Å². The lowest BCUT2D eigenvalue weighted by Gasteiger charge is -2.06. The van der Waals surface area contributed by atoms with Crippen LogP contribution < -0.4 is 5.73 Å². The molecule has 21 heavy (non-hydrogen) atoms. The van der Waals surface area contributed by atoms with E-state index in [4.69, 9.17) is 17.3 Å². The van der Waals surface area contributed by atoms with Crippen molar-refractivity contribution in [2.45, 2.75) is 19.9 Å². The van der Waals surface area contributed by atoms with Gasteiger partial charge in [0.15, 0.2) is 0 Å². The van der Waals surface area contributed by atoms with Crippen LogP contribution in [-0.4, -0.2) is 11.1 Å². The van der Waals surface area contributed by atoms with Gasteiger partial charge in [-0.1, -0.05) is 47.5 Å². The van der Waals surface area contributed by atoms with Crippen molar-refractivity contribution in [2.75, 3.05) is 6.54 Å². The number of nitrogens with zero attached hydrogens (tertiary/aromatic N) is 1. The van der Waals surface area contributed by atoms with Gasteiger partial charge in [-0.3, -0.25) is 0 Å². The number of aryl methyl sites for hydroxylation is 1. The highest BCUT2D eigenvalue weighted by Gasteiger charge is 2.09. The highest BCUT2D eigenvalue weighted by molar-refractivity contribution is 6.31. The van der Waals surface area contributed by atoms with Gasteiger partial charge in [-0.15, -0.1) is 0 Å². The van der Waals surface area contributed by atoms with E-state index in [1.807, 2.05) is 12.1 Å². The number of halogens is 1. The Balaban J connectivity index is 2.06. The van der Waals surface area contributed by atoms with Gasteiger partial charge >= 0.3 is 0 Å². The van der Waals surface area contributed by atoms with E-state index >= 15 is 0 Å². The predicted molar refractivity (Wildman–Crippen MR) is 90.0 cm³/mol. The zero-order chi connectivity index (χ0) is 14.8. The van der Waals surface area contributed by atoms with E-state index in [0.717, 1.165) is 18.0 Å². The van der Waals surface area contributed by atoms with Crippen molar-refractivity contribution >= 4 is 22.5 Å². The molecule has 0 atom stereocenters. The Morgan fingerprint density at radius 1 is 1.14 bits per heavy atom. The van der Waals surface area contributed by atoms with E-state index in [0.29, 0.717) is 6.54 Å². The molecule has 0 aliphatic carbocycles. The molecule has 3 rings (SSSR count). The summed E-state index contributed by atoms with van der Waals surface area (Å²) >= 11 is 6.17. The van der Waals surface area contributed by atoms with Gasteiger partial charge in [0.05, 0.1) is 5.52 Å². The van der Waals surface area contributed by atoms with Crippen LogP contribution in [0.4, 0.5) is 0 Å². The fourth-order valence-corrected chi connectivity index (χ4v) is 3.00. The lowest BCUT2D eigenvalue weighted by atomic mass is 10.1. The zero-order valence-electron chi connectivity index (χ0n) is 12.1. The molecule has 1 heterocycles. The predicted octanol–water partition coefficient (Wildman–Crippen LogP) is 4.15. The molecule has 1 aromatic heterocycles. The van der Waals surface area contributed by atoms with Crippen molar-refractivity contribution in [3.8, 4) is 0 Å². The summed E-state index contributed by atoms with van der Waals surface area (Å²) in [4.78, 5) is 0. The molecule has 108 valence electrons. The normalized spacial score (nSPS) is 11.2. The van der Waals surface area contributed by atoms with E-state index in [2.05, 4.69) is 48.0 Å². The van der Waals surface area contributed by atoms with Gasteiger partial charge in [0.25, 0.3) is 0 Å². The first kappa shape index (κ1) is 14.2. The number of hydrogen-bond donors (Lipinski definition) is 1. The first-order valence-corrected chi connectivity index (χ1v) is 7.58. The monoisotopic (exact) mass is 298 g/mol. The number of nitrogens with two attached hydrogens (primary N) is 1. The summed E-state index contributed by atoms with van der Waals surface area (Å²) in [6.07, 6.45) is 3.09. The number of hydrogen-bond acceptors (Lipinski definition) is 1. The Kier molecular flexibility index (Phi) is 4.00. The fraction of sp³-hybridized carbons (Fsp3) is 0.222. The van der Waals surface area contributed by atoms with E-state index in [1.165, 1.54) is 27.6 Å². The molecule has 0 radical (unpaired) electrons. The molecular formula is C18H19ClN2. The maximum absolute atomic E-state index is 6.17. The molecule has 0 saturated carbocycles. The largest absolute Gasteiger partial charge is 0.343 e. The minimum Gasteiger partial charge on any atom is -0.343 e. The van der Waals surface area contributed by atoms with E-state index in [-0.39, 0.29) is 0 Å². The average molecular weight is 299 g/mol. The smallest absolute Gasteiger partial charge is 0.0501 e. The van der Waals surface area contributed by atoms with Gasteiger partial charge < -0.3 is 10.3 Å². The number of aromatic nitrogens is 1. The van der Waals surface area contributed by atoms with Crippen LogP contribution in [0.1, 0.15) is 16.7 Å². The van der Waals surface area contributed by atoms with Crippen molar-refractivity contribution in [1.82, 2.24) is 4.57 Å². The fourth-order valence-electron chi connectivity index (χ4n) is 2.83. The molecule has 3 heteroatoms. The Morgan fingerprint density at radius 2 is 2.00 bits per heavy atom. The lowest BCUT2D eigenvalue weighted by molar-refractivity contribution is 0.826. The van der Waals surface area contributed by atoms with Crippen molar-refractivity contribution in [3.05, 3.63) is 70.4 Å². The van der Waals surface area contributed by atoms with Crippen LogP contribution in [0.25, 0.3) is 10.9 Å². The Morgan fingerprint density at radius 3 is 2.76 bits per heavy atom. The van der Waals surface area contributed by atoms with Crippen LogP contribution in [0, 0.1) is 6.92 Å². The topological polar surface area (TPSA) is 30.9 Å². The molecule has 0 aliphatic rings. The zero-order valence-corrected chi connectivity index (χ0v) is 12.9. The average Bonchev–Trinajstić information content (AvgIpc) is 2.77. The standard InChI is InChI=1S/C18H19ClN2/c1-13-3-2-4-14(9-13)11-21-12-15(7-8-20)17-6-5-16(19)10-18(17)21/h2-6,9-10,12H,7-8,11,20H2,1H3. The van der Waals surface area contributed by atoms with E-state index in [9.17, 15) is 0 Å². The van der Waals surface area contributed by atoms with Crippen LogP contribution in [0.3, 0.4) is 0 Å². The Bertz CT molecular complexity index is 774. The summed E-state index contributed by atoms with van der Waals surface area (Å²) in [6.45, 7) is 3.63. The molecule has 2 nitrogen and oxygen atoms in total. The van der Waals surface area contributed by atoms with Gasteiger partial charge in [-0.25, -0.2) is 0 Å². The van der Waals surface area contributed by atoms with E-state index < -0.39 is 0 Å². The minimum absolute atomic E-state index is 0.659. The van der Waals surface area contributed by atoms with Crippen LogP contribution >= 0.6 is 11.6 Å². The molecule has 0 fully saturated rings. The highest BCUT2D eigenvalue weighted by Crippen LogP contribution is 2.26.